The maximum Gasteiger partial charge on any atom is 0.222 e. The summed E-state index contributed by atoms with van der Waals surface area (Å²) in [4.78, 5) is 31.5. The smallest absolute Gasteiger partial charge is 0.222 e. The largest absolute Gasteiger partial charge is 0.370 e. The monoisotopic (exact) mass is 304 g/mol. The van der Waals surface area contributed by atoms with Gasteiger partial charge in [0.1, 0.15) is 5.69 Å². The molecule has 0 bridgehead atoms. The molecule has 2 aromatic heterocycles. The number of carbonyl (C=O) groups excluding carboxylic acids is 2. The van der Waals surface area contributed by atoms with Crippen molar-refractivity contribution in [3.8, 4) is 0 Å². The van der Waals surface area contributed by atoms with Crippen LogP contribution >= 0.6 is 11.3 Å². The maximum atomic E-state index is 12.1. The number of pyridine rings is 1. The molecule has 110 valence electrons. The lowest BCUT2D eigenvalue weighted by molar-refractivity contribution is -0.118. The Hall–Kier alpha value is -2.28. The summed E-state index contributed by atoms with van der Waals surface area (Å²) < 4.78 is 0. The molecule has 0 aromatic carbocycles. The number of thiazole rings is 1. The molecule has 0 atom stereocenters. The second-order valence-corrected chi connectivity index (χ2v) is 5.45. The average molecular weight is 304 g/mol. The number of hydrogen-bond acceptors (Lipinski definition) is 6. The van der Waals surface area contributed by atoms with E-state index in [2.05, 4.69) is 15.3 Å². The Kier molecular flexibility index (Phi) is 5.39. The molecule has 0 aliphatic carbocycles. The predicted molar refractivity (Wildman–Crippen MR) is 81.3 cm³/mol. The lowest BCUT2D eigenvalue weighted by Gasteiger charge is -2.00. The summed E-state index contributed by atoms with van der Waals surface area (Å²) >= 11 is 1.30. The van der Waals surface area contributed by atoms with Crippen LogP contribution in [-0.4, -0.2) is 28.2 Å². The van der Waals surface area contributed by atoms with Gasteiger partial charge in [-0.1, -0.05) is 17.4 Å². The molecule has 21 heavy (non-hydrogen) atoms. The van der Waals surface area contributed by atoms with Crippen molar-refractivity contribution in [3.05, 3.63) is 41.2 Å². The highest BCUT2D eigenvalue weighted by molar-refractivity contribution is 7.17. The zero-order valence-corrected chi connectivity index (χ0v) is 12.2. The molecule has 2 heterocycles. The quantitative estimate of drug-likeness (QED) is 0.573. The molecule has 1 amide bonds. The first-order valence-corrected chi connectivity index (χ1v) is 7.42. The number of rotatable bonds is 8. The Labute approximate surface area is 126 Å². The van der Waals surface area contributed by atoms with E-state index >= 15 is 0 Å². The van der Waals surface area contributed by atoms with Gasteiger partial charge in [0.15, 0.2) is 5.13 Å². The van der Waals surface area contributed by atoms with Crippen LogP contribution in [-0.2, 0) is 4.79 Å². The first kappa shape index (κ1) is 15.1. The van der Waals surface area contributed by atoms with Gasteiger partial charge in [-0.2, -0.15) is 0 Å². The van der Waals surface area contributed by atoms with E-state index in [1.54, 1.807) is 30.6 Å². The standard InChI is InChI=1S/C14H16N4O2S/c15-12(19)6-2-4-8-17-14-18-9-11(21-14)13(20)10-5-1-3-7-16-10/h1,3,5,7,9H,2,4,6,8H2,(H2,15,19)(H,17,18). The lowest BCUT2D eigenvalue weighted by atomic mass is 10.2. The summed E-state index contributed by atoms with van der Waals surface area (Å²) in [6.07, 6.45) is 5.10. The number of anilines is 1. The van der Waals surface area contributed by atoms with Gasteiger partial charge in [0.05, 0.1) is 11.1 Å². The molecule has 0 radical (unpaired) electrons. The molecule has 0 fully saturated rings. The number of unbranched alkanes of at least 4 members (excludes halogenated alkanes) is 1. The van der Waals surface area contributed by atoms with Crippen molar-refractivity contribution in [2.24, 2.45) is 5.73 Å². The molecule has 2 aromatic rings. The van der Waals surface area contributed by atoms with Gasteiger partial charge < -0.3 is 11.1 Å². The molecule has 0 aliphatic rings. The van der Waals surface area contributed by atoms with Crippen molar-refractivity contribution in [1.29, 1.82) is 0 Å². The summed E-state index contributed by atoms with van der Waals surface area (Å²) in [7, 11) is 0. The second kappa shape index (κ2) is 7.49. The van der Waals surface area contributed by atoms with Crippen LogP contribution in [0, 0.1) is 0 Å². The topological polar surface area (TPSA) is 98.0 Å². The second-order valence-electron chi connectivity index (χ2n) is 4.42. The minimum Gasteiger partial charge on any atom is -0.370 e. The van der Waals surface area contributed by atoms with E-state index in [1.807, 2.05) is 0 Å². The summed E-state index contributed by atoms with van der Waals surface area (Å²) in [5, 5.41) is 3.82. The molecule has 6 nitrogen and oxygen atoms in total. The van der Waals surface area contributed by atoms with Crippen LogP contribution < -0.4 is 11.1 Å². The van der Waals surface area contributed by atoms with E-state index in [9.17, 15) is 9.59 Å². The maximum absolute atomic E-state index is 12.1. The average Bonchev–Trinajstić information content (AvgIpc) is 2.95. The van der Waals surface area contributed by atoms with Crippen molar-refractivity contribution in [2.45, 2.75) is 19.3 Å². The normalized spacial score (nSPS) is 10.3. The van der Waals surface area contributed by atoms with Gasteiger partial charge in [-0.15, -0.1) is 0 Å². The highest BCUT2D eigenvalue weighted by atomic mass is 32.1. The lowest BCUT2D eigenvalue weighted by Crippen LogP contribution is -2.10. The van der Waals surface area contributed by atoms with Gasteiger partial charge >= 0.3 is 0 Å². The Bertz CT molecular complexity index is 612. The zero-order valence-electron chi connectivity index (χ0n) is 11.4. The number of ketones is 1. The number of carbonyl (C=O) groups is 2. The molecular weight excluding hydrogens is 288 g/mol. The van der Waals surface area contributed by atoms with Crippen molar-refractivity contribution in [2.75, 3.05) is 11.9 Å². The van der Waals surface area contributed by atoms with Gasteiger partial charge in [-0.25, -0.2) is 4.98 Å². The predicted octanol–water partition coefficient (Wildman–Crippen LogP) is 1.84. The first-order chi connectivity index (χ1) is 10.2. The van der Waals surface area contributed by atoms with Crippen LogP contribution in [0.15, 0.2) is 30.6 Å². The van der Waals surface area contributed by atoms with Crippen LogP contribution in [0.5, 0.6) is 0 Å². The van der Waals surface area contributed by atoms with Crippen molar-refractivity contribution in [3.63, 3.8) is 0 Å². The number of nitrogens with two attached hydrogens (primary N) is 1. The summed E-state index contributed by atoms with van der Waals surface area (Å²) in [6, 6.07) is 5.22. The Morgan fingerprint density at radius 1 is 1.24 bits per heavy atom. The third kappa shape index (κ3) is 4.64. The van der Waals surface area contributed by atoms with Crippen LogP contribution in [0.3, 0.4) is 0 Å². The summed E-state index contributed by atoms with van der Waals surface area (Å²) in [5.41, 5.74) is 5.48. The minimum atomic E-state index is -0.285. The molecule has 0 saturated heterocycles. The Balaban J connectivity index is 1.84. The molecule has 0 aliphatic heterocycles. The van der Waals surface area contributed by atoms with Crippen LogP contribution in [0.2, 0.25) is 0 Å². The molecule has 2 rings (SSSR count). The fraction of sp³-hybridized carbons (Fsp3) is 0.286. The fourth-order valence-electron chi connectivity index (χ4n) is 1.70. The van der Waals surface area contributed by atoms with Crippen LogP contribution in [0.1, 0.15) is 34.6 Å². The molecule has 3 N–H and O–H groups in total. The van der Waals surface area contributed by atoms with Gasteiger partial charge in [0, 0.05) is 19.2 Å². The number of primary amides is 1. The first-order valence-electron chi connectivity index (χ1n) is 6.60. The van der Waals surface area contributed by atoms with E-state index in [0.717, 1.165) is 12.8 Å². The zero-order chi connectivity index (χ0) is 15.1. The minimum absolute atomic E-state index is 0.130. The van der Waals surface area contributed by atoms with Crippen molar-refractivity contribution < 1.29 is 9.59 Å². The Morgan fingerprint density at radius 2 is 2.10 bits per heavy atom. The fourth-order valence-corrected chi connectivity index (χ4v) is 2.49. The molecule has 7 heteroatoms. The van der Waals surface area contributed by atoms with Crippen LogP contribution in [0.25, 0.3) is 0 Å². The number of amides is 1. The number of aromatic nitrogens is 2. The molecule has 0 saturated carbocycles. The van der Waals surface area contributed by atoms with Crippen LogP contribution in [0.4, 0.5) is 5.13 Å². The SMILES string of the molecule is NC(=O)CCCCNc1ncc(C(=O)c2ccccn2)s1. The summed E-state index contributed by atoms with van der Waals surface area (Å²) in [5.74, 6) is -0.414. The molecule has 0 spiro atoms. The highest BCUT2D eigenvalue weighted by Gasteiger charge is 2.13. The Morgan fingerprint density at radius 3 is 2.81 bits per heavy atom. The third-order valence-electron chi connectivity index (χ3n) is 2.75. The van der Waals surface area contributed by atoms with Gasteiger partial charge in [-0.05, 0) is 25.0 Å². The van der Waals surface area contributed by atoms with Gasteiger partial charge in [0.25, 0.3) is 0 Å². The number of nitrogens with one attached hydrogen (secondary N) is 1. The van der Waals surface area contributed by atoms with Gasteiger partial charge in [-0.3, -0.25) is 14.6 Å². The van der Waals surface area contributed by atoms with E-state index in [-0.39, 0.29) is 11.7 Å². The van der Waals surface area contributed by atoms with Crippen molar-refractivity contribution >= 4 is 28.2 Å². The third-order valence-corrected chi connectivity index (χ3v) is 3.71. The van der Waals surface area contributed by atoms with E-state index in [0.29, 0.717) is 28.7 Å². The molecular formula is C14H16N4O2S. The highest BCUT2D eigenvalue weighted by Crippen LogP contribution is 2.20. The summed E-state index contributed by atoms with van der Waals surface area (Å²) in [6.45, 7) is 0.692. The molecule has 0 unspecified atom stereocenters. The van der Waals surface area contributed by atoms with E-state index in [4.69, 9.17) is 5.73 Å². The number of hydrogen-bond donors (Lipinski definition) is 2. The van der Waals surface area contributed by atoms with Gasteiger partial charge in [0.2, 0.25) is 11.7 Å². The van der Waals surface area contributed by atoms with E-state index < -0.39 is 0 Å². The van der Waals surface area contributed by atoms with E-state index in [1.165, 1.54) is 11.3 Å². The van der Waals surface area contributed by atoms with Crippen molar-refractivity contribution in [1.82, 2.24) is 9.97 Å². The number of nitrogens with zero attached hydrogens (tertiary/aromatic N) is 2.